The van der Waals surface area contributed by atoms with E-state index in [1.807, 2.05) is 0 Å². The van der Waals surface area contributed by atoms with Gasteiger partial charge in [0, 0.05) is 5.56 Å². The Morgan fingerprint density at radius 3 is 1.83 bits per heavy atom. The zero-order valence-corrected chi connectivity index (χ0v) is 26.5. The molecule has 4 heteroatoms. The molecule has 0 radical (unpaired) electrons. The van der Waals surface area contributed by atoms with Crippen molar-refractivity contribution in [3.8, 4) is 50.8 Å². The van der Waals surface area contributed by atoms with Crippen molar-refractivity contribution in [1.29, 1.82) is 0 Å². The molecule has 222 valence electrons. The topological polar surface area (TPSA) is 34.8 Å². The highest BCUT2D eigenvalue weighted by Crippen LogP contribution is 2.39. The Labute approximate surface area is 268 Å². The second kappa shape index (κ2) is 11.0. The maximum atomic E-state index is 6.81. The molecule has 0 saturated heterocycles. The Morgan fingerprint density at radius 1 is 0.565 bits per heavy atom. The molecule has 2 heterocycles. The van der Waals surface area contributed by atoms with Crippen LogP contribution in [0.25, 0.3) is 72.9 Å². The number of fused-ring (bicyclic) bond motifs is 2. The molecule has 8 rings (SSSR count). The van der Waals surface area contributed by atoms with Gasteiger partial charge >= 0.3 is 0 Å². The lowest BCUT2D eigenvalue weighted by atomic mass is 9.95. The van der Waals surface area contributed by atoms with Crippen LogP contribution in [0, 0.1) is 20.8 Å². The average molecular weight is 597 g/mol. The first kappa shape index (κ1) is 27.8. The van der Waals surface area contributed by atoms with Crippen molar-refractivity contribution in [2.75, 3.05) is 0 Å². The smallest absolute Gasteiger partial charge is 0.299 e. The molecule has 0 aliphatic heterocycles. The van der Waals surface area contributed by atoms with Crippen LogP contribution in [-0.4, -0.2) is 9.55 Å². The van der Waals surface area contributed by atoms with Gasteiger partial charge in [0.1, 0.15) is 16.8 Å². The fourth-order valence-corrected chi connectivity index (χ4v) is 6.86. The van der Waals surface area contributed by atoms with Crippen molar-refractivity contribution in [1.82, 2.24) is 9.55 Å². The third-order valence-electron chi connectivity index (χ3n) is 9.09. The Bertz CT molecular complexity index is 2360. The second-order valence-corrected chi connectivity index (χ2v) is 12.1. The summed E-state index contributed by atoms with van der Waals surface area (Å²) >= 11 is 0. The molecule has 6 aromatic carbocycles. The summed E-state index contributed by atoms with van der Waals surface area (Å²) in [5.41, 5.74) is 15.3. The number of hydrogen-bond donors (Lipinski definition) is 0. The van der Waals surface area contributed by atoms with Gasteiger partial charge in [-0.3, -0.25) is 0 Å². The highest BCUT2D eigenvalue weighted by molar-refractivity contribution is 5.94. The predicted octanol–water partition coefficient (Wildman–Crippen LogP) is 10.2. The van der Waals surface area contributed by atoms with Gasteiger partial charge in [0.2, 0.25) is 5.89 Å². The molecule has 0 fully saturated rings. The van der Waals surface area contributed by atoms with E-state index in [0.717, 1.165) is 61.5 Å². The molecule has 0 N–H and O–H groups in total. The molecule has 0 atom stereocenters. The zero-order valence-electron chi connectivity index (χ0n) is 26.5. The number of para-hydroxylation sites is 2. The third-order valence-corrected chi connectivity index (χ3v) is 9.09. The molecule has 0 spiro atoms. The van der Waals surface area contributed by atoms with E-state index < -0.39 is 0 Å². The maximum absolute atomic E-state index is 6.81. The van der Waals surface area contributed by atoms with Crippen LogP contribution in [0.15, 0.2) is 138 Å². The van der Waals surface area contributed by atoms with Crippen molar-refractivity contribution >= 4 is 22.1 Å². The van der Waals surface area contributed by atoms with Crippen LogP contribution in [0.1, 0.15) is 16.7 Å². The Balaban J connectivity index is 1.32. The minimum Gasteiger partial charge on any atom is -0.435 e. The summed E-state index contributed by atoms with van der Waals surface area (Å²) in [5, 5.41) is 0. The average Bonchev–Trinajstić information content (AvgIpc) is 3.64. The Kier molecular flexibility index (Phi) is 6.65. The van der Waals surface area contributed by atoms with Crippen LogP contribution in [-0.2, 0) is 7.05 Å². The van der Waals surface area contributed by atoms with Crippen molar-refractivity contribution in [3.63, 3.8) is 0 Å². The molecule has 46 heavy (non-hydrogen) atoms. The van der Waals surface area contributed by atoms with Crippen LogP contribution in [0.3, 0.4) is 0 Å². The third kappa shape index (κ3) is 4.53. The predicted molar refractivity (Wildman–Crippen MR) is 188 cm³/mol. The van der Waals surface area contributed by atoms with E-state index in [2.05, 4.69) is 170 Å². The number of oxazole rings is 1. The second-order valence-electron chi connectivity index (χ2n) is 12.1. The molecule has 0 amide bonds. The number of hydrogen-bond acceptors (Lipinski definition) is 2. The summed E-state index contributed by atoms with van der Waals surface area (Å²) in [6.07, 6.45) is 0. The molecule has 2 aromatic heterocycles. The van der Waals surface area contributed by atoms with Crippen LogP contribution >= 0.6 is 0 Å². The van der Waals surface area contributed by atoms with Crippen LogP contribution in [0.2, 0.25) is 0 Å². The van der Waals surface area contributed by atoms with Crippen molar-refractivity contribution in [2.24, 2.45) is 7.05 Å². The molecular formula is C42H34N3O+. The van der Waals surface area contributed by atoms with Crippen molar-refractivity contribution in [3.05, 3.63) is 150 Å². The van der Waals surface area contributed by atoms with Crippen molar-refractivity contribution < 1.29 is 8.98 Å². The molecule has 4 nitrogen and oxygen atoms in total. The molecule has 0 unspecified atom stereocenters. The van der Waals surface area contributed by atoms with E-state index in [1.165, 1.54) is 22.3 Å². The summed E-state index contributed by atoms with van der Waals surface area (Å²) in [7, 11) is 2.14. The lowest BCUT2D eigenvalue weighted by Gasteiger charge is -2.10. The summed E-state index contributed by atoms with van der Waals surface area (Å²) in [6, 6.07) is 47.1. The monoisotopic (exact) mass is 596 g/mol. The number of imidazole rings is 1. The standard InChI is InChI=1S/C42H34N3O/c1-27-19-24-35-40(46-41(43-35)38-28(2)25-33(26-29(38)3)31-15-9-6-10-16-31)39(27)42-44(4)36-17-11-12-18-37(36)45(42)34-22-20-32(21-23-34)30-13-7-5-8-14-30/h5-26H,1-4H3/q+1. The molecule has 0 aliphatic rings. The van der Waals surface area contributed by atoms with E-state index in [0.29, 0.717) is 5.89 Å². The molecule has 0 saturated carbocycles. The van der Waals surface area contributed by atoms with E-state index in [9.17, 15) is 0 Å². The minimum absolute atomic E-state index is 0.647. The highest BCUT2D eigenvalue weighted by atomic mass is 16.3. The van der Waals surface area contributed by atoms with Gasteiger partial charge in [-0.1, -0.05) is 103 Å². The van der Waals surface area contributed by atoms with Gasteiger partial charge in [0.05, 0.1) is 7.05 Å². The van der Waals surface area contributed by atoms with Gasteiger partial charge < -0.3 is 4.42 Å². The number of rotatable bonds is 5. The quantitative estimate of drug-likeness (QED) is 0.185. The Hall–Kier alpha value is -5.74. The normalized spacial score (nSPS) is 11.5. The molecular weight excluding hydrogens is 562 g/mol. The van der Waals surface area contributed by atoms with Crippen molar-refractivity contribution in [2.45, 2.75) is 20.8 Å². The SMILES string of the molecule is Cc1cc(-c2ccccc2)cc(C)c1-c1nc2ccc(C)c(-c3n(-c4ccc(-c5ccccc5)cc4)c4ccccc4[n+]3C)c2o1. The number of benzene rings is 6. The van der Waals surface area contributed by atoms with E-state index in [4.69, 9.17) is 9.40 Å². The van der Waals surface area contributed by atoms with Crippen LogP contribution in [0.5, 0.6) is 0 Å². The minimum atomic E-state index is 0.647. The summed E-state index contributed by atoms with van der Waals surface area (Å²) in [5.74, 6) is 1.70. The fraction of sp³-hybridized carbons (Fsp3) is 0.0952. The lowest BCUT2D eigenvalue weighted by Crippen LogP contribution is -2.30. The van der Waals surface area contributed by atoms with Gasteiger partial charge in [-0.05, 0) is 90.0 Å². The maximum Gasteiger partial charge on any atom is 0.299 e. The van der Waals surface area contributed by atoms with E-state index in [1.54, 1.807) is 0 Å². The fourth-order valence-electron chi connectivity index (χ4n) is 6.86. The highest BCUT2D eigenvalue weighted by Gasteiger charge is 2.30. The molecule has 0 aliphatic carbocycles. The van der Waals surface area contributed by atoms with Gasteiger partial charge in [0.25, 0.3) is 5.82 Å². The number of aryl methyl sites for hydroxylation is 4. The first-order chi connectivity index (χ1) is 22.5. The van der Waals surface area contributed by atoms with E-state index >= 15 is 0 Å². The van der Waals surface area contributed by atoms with Gasteiger partial charge in [-0.2, -0.15) is 4.57 Å². The first-order valence-corrected chi connectivity index (χ1v) is 15.7. The summed E-state index contributed by atoms with van der Waals surface area (Å²) in [6.45, 7) is 6.45. The summed E-state index contributed by atoms with van der Waals surface area (Å²) in [4.78, 5) is 5.08. The van der Waals surface area contributed by atoms with Gasteiger partial charge in [-0.25, -0.2) is 9.55 Å². The Morgan fingerprint density at radius 2 is 1.15 bits per heavy atom. The summed E-state index contributed by atoms with van der Waals surface area (Å²) < 4.78 is 11.4. The molecule has 8 aromatic rings. The van der Waals surface area contributed by atoms with Crippen LogP contribution in [0.4, 0.5) is 0 Å². The number of nitrogens with zero attached hydrogens (tertiary/aromatic N) is 3. The zero-order chi connectivity index (χ0) is 31.4. The van der Waals surface area contributed by atoms with Crippen LogP contribution < -0.4 is 4.57 Å². The lowest BCUT2D eigenvalue weighted by molar-refractivity contribution is -0.633. The largest absolute Gasteiger partial charge is 0.435 e. The number of aromatic nitrogens is 3. The molecule has 0 bridgehead atoms. The van der Waals surface area contributed by atoms with E-state index in [-0.39, 0.29) is 0 Å². The van der Waals surface area contributed by atoms with Gasteiger partial charge in [-0.15, -0.1) is 0 Å². The first-order valence-electron chi connectivity index (χ1n) is 15.7. The van der Waals surface area contributed by atoms with Gasteiger partial charge in [0.15, 0.2) is 16.6 Å².